The summed E-state index contributed by atoms with van der Waals surface area (Å²) < 4.78 is 0. The molecule has 0 bridgehead atoms. The summed E-state index contributed by atoms with van der Waals surface area (Å²) in [6.45, 7) is 3.18. The molecule has 31 heavy (non-hydrogen) atoms. The molecule has 3 aromatic carbocycles. The van der Waals surface area contributed by atoms with E-state index in [0.29, 0.717) is 0 Å². The molecule has 0 radical (unpaired) electrons. The lowest BCUT2D eigenvalue weighted by molar-refractivity contribution is 0.787. The molecule has 2 heterocycles. The highest BCUT2D eigenvalue weighted by Gasteiger charge is 2.18. The molecule has 0 aliphatic rings. The first-order valence-electron chi connectivity index (χ1n) is 10.5. The lowest BCUT2D eigenvalue weighted by Gasteiger charge is -2.27. The summed E-state index contributed by atoms with van der Waals surface area (Å²) in [7, 11) is 0. The van der Waals surface area contributed by atoms with Crippen LogP contribution in [-0.2, 0) is 0 Å². The second kappa shape index (κ2) is 9.19. The van der Waals surface area contributed by atoms with E-state index in [-0.39, 0.29) is 12.4 Å². The Bertz CT molecular complexity index is 1280. The zero-order valence-electron chi connectivity index (χ0n) is 17.5. The molecule has 0 aliphatic heterocycles. The maximum Gasteiger partial charge on any atom is 0.0932 e. The van der Waals surface area contributed by atoms with Crippen molar-refractivity contribution in [2.45, 2.75) is 19.8 Å². The van der Waals surface area contributed by atoms with Crippen LogP contribution >= 0.6 is 12.4 Å². The molecule has 0 amide bonds. The van der Waals surface area contributed by atoms with Crippen molar-refractivity contribution in [2.24, 2.45) is 0 Å². The highest BCUT2D eigenvalue weighted by atomic mass is 35.5. The first kappa shape index (κ1) is 20.9. The molecule has 0 saturated heterocycles. The Kier molecular flexibility index (Phi) is 6.19. The third kappa shape index (κ3) is 3.99. The molecule has 156 valence electrons. The maximum atomic E-state index is 5.02. The molecule has 0 spiro atoms. The average Bonchev–Trinajstić information content (AvgIpc) is 3.29. The fourth-order valence-electron chi connectivity index (χ4n) is 4.00. The van der Waals surface area contributed by atoms with Gasteiger partial charge in [0.1, 0.15) is 0 Å². The van der Waals surface area contributed by atoms with Crippen LogP contribution in [0.5, 0.6) is 0 Å². The number of pyridine rings is 1. The average molecular weight is 429 g/mol. The number of nitrogens with one attached hydrogen (secondary N) is 1. The van der Waals surface area contributed by atoms with Gasteiger partial charge in [-0.2, -0.15) is 0 Å². The minimum atomic E-state index is 0. The van der Waals surface area contributed by atoms with Crippen LogP contribution in [0.15, 0.2) is 85.2 Å². The molecule has 5 heteroatoms. The van der Waals surface area contributed by atoms with Crippen molar-refractivity contribution in [3.8, 4) is 11.3 Å². The number of nitrogens with zero attached hydrogens (tertiary/aromatic N) is 3. The van der Waals surface area contributed by atoms with Gasteiger partial charge in [-0.15, -0.1) is 12.4 Å². The van der Waals surface area contributed by atoms with Gasteiger partial charge in [-0.3, -0.25) is 0 Å². The SMILES string of the molecule is CCCCN(c1ccccc1)c1cc(-c2ccccc2)nc2ccc3nc[nH]c3c12.Cl. The Hall–Kier alpha value is -3.37. The van der Waals surface area contributed by atoms with E-state index < -0.39 is 0 Å². The number of rotatable bonds is 6. The molecule has 1 N–H and O–H groups in total. The molecule has 5 rings (SSSR count). The van der Waals surface area contributed by atoms with Crippen LogP contribution in [0.3, 0.4) is 0 Å². The number of imidazole rings is 1. The highest BCUT2D eigenvalue weighted by molar-refractivity contribution is 6.11. The fourth-order valence-corrected chi connectivity index (χ4v) is 4.00. The summed E-state index contributed by atoms with van der Waals surface area (Å²) in [6, 6.07) is 27.4. The topological polar surface area (TPSA) is 44.8 Å². The predicted molar refractivity (Wildman–Crippen MR) is 132 cm³/mol. The van der Waals surface area contributed by atoms with E-state index in [2.05, 4.69) is 88.5 Å². The van der Waals surface area contributed by atoms with E-state index in [4.69, 9.17) is 4.98 Å². The van der Waals surface area contributed by atoms with Gasteiger partial charge in [0.25, 0.3) is 0 Å². The summed E-state index contributed by atoms with van der Waals surface area (Å²) >= 11 is 0. The van der Waals surface area contributed by atoms with Crippen LogP contribution in [0.4, 0.5) is 11.4 Å². The van der Waals surface area contributed by atoms with E-state index in [1.807, 2.05) is 12.1 Å². The predicted octanol–water partition coefficient (Wildman–Crippen LogP) is 7.14. The molecule has 2 aromatic heterocycles. The van der Waals surface area contributed by atoms with Crippen molar-refractivity contribution in [3.63, 3.8) is 0 Å². The second-order valence-electron chi connectivity index (χ2n) is 7.49. The standard InChI is InChI=1S/C26H24N4.ClH/c1-2-3-16-30(20-12-8-5-9-13-20)24-17-23(19-10-6-4-7-11-19)29-21-14-15-22-26(25(21)24)28-18-27-22;/h4-15,17-18H,2-3,16H2,1H3,(H,27,28);1H. The third-order valence-corrected chi connectivity index (χ3v) is 5.51. The van der Waals surface area contributed by atoms with Gasteiger partial charge in [0.2, 0.25) is 0 Å². The second-order valence-corrected chi connectivity index (χ2v) is 7.49. The number of fused-ring (bicyclic) bond motifs is 3. The number of anilines is 2. The van der Waals surface area contributed by atoms with Crippen molar-refractivity contribution < 1.29 is 0 Å². The van der Waals surface area contributed by atoms with Gasteiger partial charge < -0.3 is 9.88 Å². The van der Waals surface area contributed by atoms with Crippen molar-refractivity contribution in [1.29, 1.82) is 0 Å². The zero-order chi connectivity index (χ0) is 20.3. The van der Waals surface area contributed by atoms with E-state index in [0.717, 1.165) is 58.3 Å². The van der Waals surface area contributed by atoms with Gasteiger partial charge in [-0.25, -0.2) is 9.97 Å². The van der Waals surface area contributed by atoms with Crippen LogP contribution in [0, 0.1) is 0 Å². The molecule has 0 atom stereocenters. The normalized spacial score (nSPS) is 10.9. The summed E-state index contributed by atoms with van der Waals surface area (Å²) in [5.74, 6) is 0. The number of para-hydroxylation sites is 1. The molecule has 5 aromatic rings. The zero-order valence-corrected chi connectivity index (χ0v) is 18.3. The molecule has 0 saturated carbocycles. The Balaban J connectivity index is 0.00000231. The molecular formula is C26H25ClN4. The van der Waals surface area contributed by atoms with Crippen LogP contribution in [0.25, 0.3) is 33.2 Å². The number of benzene rings is 3. The lowest BCUT2D eigenvalue weighted by atomic mass is 10.0. The van der Waals surface area contributed by atoms with Crippen LogP contribution in [0.2, 0.25) is 0 Å². The molecule has 0 unspecified atom stereocenters. The van der Waals surface area contributed by atoms with Crippen LogP contribution in [-0.4, -0.2) is 21.5 Å². The molecule has 4 nitrogen and oxygen atoms in total. The molecule has 0 fully saturated rings. The quantitative estimate of drug-likeness (QED) is 0.312. The van der Waals surface area contributed by atoms with Gasteiger partial charge in [0, 0.05) is 23.2 Å². The number of aromatic nitrogens is 3. The fraction of sp³-hybridized carbons (Fsp3) is 0.154. The number of halogens is 1. The monoisotopic (exact) mass is 428 g/mol. The summed E-state index contributed by atoms with van der Waals surface area (Å²) in [6.07, 6.45) is 4.01. The van der Waals surface area contributed by atoms with E-state index in [1.165, 1.54) is 5.69 Å². The van der Waals surface area contributed by atoms with Gasteiger partial charge in [-0.05, 0) is 36.8 Å². The summed E-state index contributed by atoms with van der Waals surface area (Å²) in [5, 5.41) is 1.12. The number of hydrogen-bond acceptors (Lipinski definition) is 3. The summed E-state index contributed by atoms with van der Waals surface area (Å²) in [5.41, 5.74) is 7.42. The van der Waals surface area contributed by atoms with Crippen molar-refractivity contribution in [2.75, 3.05) is 11.4 Å². The van der Waals surface area contributed by atoms with Crippen molar-refractivity contribution >= 4 is 45.7 Å². The largest absolute Gasteiger partial charge is 0.344 e. The van der Waals surface area contributed by atoms with Crippen LogP contribution in [0.1, 0.15) is 19.8 Å². The molecular weight excluding hydrogens is 404 g/mol. The van der Waals surface area contributed by atoms with E-state index >= 15 is 0 Å². The smallest absolute Gasteiger partial charge is 0.0932 e. The minimum Gasteiger partial charge on any atom is -0.344 e. The highest BCUT2D eigenvalue weighted by Crippen LogP contribution is 2.38. The van der Waals surface area contributed by atoms with Gasteiger partial charge in [0.05, 0.1) is 34.3 Å². The van der Waals surface area contributed by atoms with Crippen molar-refractivity contribution in [1.82, 2.24) is 15.0 Å². The number of hydrogen-bond donors (Lipinski definition) is 1. The maximum absolute atomic E-state index is 5.02. The van der Waals surface area contributed by atoms with Gasteiger partial charge in [0.15, 0.2) is 0 Å². The summed E-state index contributed by atoms with van der Waals surface area (Å²) in [4.78, 5) is 15.3. The van der Waals surface area contributed by atoms with Crippen molar-refractivity contribution in [3.05, 3.63) is 85.2 Å². The molecule has 0 aliphatic carbocycles. The van der Waals surface area contributed by atoms with E-state index in [9.17, 15) is 0 Å². The van der Waals surface area contributed by atoms with Gasteiger partial charge in [-0.1, -0.05) is 61.9 Å². The minimum absolute atomic E-state index is 0. The van der Waals surface area contributed by atoms with Crippen LogP contribution < -0.4 is 4.90 Å². The first-order chi connectivity index (χ1) is 14.8. The lowest BCUT2D eigenvalue weighted by Crippen LogP contribution is -2.19. The van der Waals surface area contributed by atoms with E-state index in [1.54, 1.807) is 6.33 Å². The first-order valence-corrected chi connectivity index (χ1v) is 10.5. The van der Waals surface area contributed by atoms with Gasteiger partial charge >= 0.3 is 0 Å². The number of aromatic amines is 1. The Labute approximate surface area is 188 Å². The number of unbranched alkanes of at least 4 members (excludes halogenated alkanes) is 1. The Morgan fingerprint density at radius 1 is 0.871 bits per heavy atom. The number of H-pyrrole nitrogens is 1. The third-order valence-electron chi connectivity index (χ3n) is 5.51. The Morgan fingerprint density at radius 3 is 2.32 bits per heavy atom. The Morgan fingerprint density at radius 2 is 1.58 bits per heavy atom.